The van der Waals surface area contributed by atoms with Crippen LogP contribution in [0.2, 0.25) is 5.02 Å². The summed E-state index contributed by atoms with van der Waals surface area (Å²) in [6.07, 6.45) is 0. The van der Waals surface area contributed by atoms with Gasteiger partial charge < -0.3 is 14.4 Å². The summed E-state index contributed by atoms with van der Waals surface area (Å²) in [5.41, 5.74) is 0.295. The number of esters is 1. The second-order valence-corrected chi connectivity index (χ2v) is 6.39. The van der Waals surface area contributed by atoms with E-state index in [1.165, 1.54) is 11.0 Å². The molecule has 0 aliphatic rings. The molecule has 126 valence electrons. The third kappa shape index (κ3) is 4.97. The number of nitrogens with zero attached hydrogens (tertiary/aromatic N) is 1. The molecule has 0 N–H and O–H groups in total. The molecule has 24 heavy (non-hydrogen) atoms. The van der Waals surface area contributed by atoms with Crippen molar-refractivity contribution in [1.29, 1.82) is 0 Å². The van der Waals surface area contributed by atoms with Crippen molar-refractivity contribution in [1.82, 2.24) is 4.90 Å². The molecule has 1 amide bonds. The summed E-state index contributed by atoms with van der Waals surface area (Å²) < 4.78 is 11.4. The maximum Gasteiger partial charge on any atom is 0.343 e. The lowest BCUT2D eigenvalue weighted by Gasteiger charge is -2.12. The van der Waals surface area contributed by atoms with Crippen molar-refractivity contribution in [2.75, 3.05) is 20.7 Å². The fourth-order valence-electron chi connectivity index (χ4n) is 1.70. The van der Waals surface area contributed by atoms with Crippen molar-refractivity contribution >= 4 is 39.4 Å². The number of likely N-dealkylation sites (N-methyl/N-ethyl adjacent to an activating group) is 1. The van der Waals surface area contributed by atoms with E-state index in [9.17, 15) is 9.59 Å². The van der Waals surface area contributed by atoms with Crippen LogP contribution in [0.1, 0.15) is 10.4 Å². The first-order chi connectivity index (χ1) is 11.4. The predicted octanol–water partition coefficient (Wildman–Crippen LogP) is 3.79. The summed E-state index contributed by atoms with van der Waals surface area (Å²) in [6, 6.07) is 11.4. The zero-order valence-electron chi connectivity index (χ0n) is 13.1. The maximum atomic E-state index is 12.2. The fourth-order valence-corrected chi connectivity index (χ4v) is 2.42. The molecule has 0 saturated carbocycles. The van der Waals surface area contributed by atoms with E-state index >= 15 is 0 Å². The maximum absolute atomic E-state index is 12.2. The Kier molecular flexibility index (Phi) is 6.23. The molecule has 5 nitrogen and oxygen atoms in total. The van der Waals surface area contributed by atoms with Crippen LogP contribution in [0.15, 0.2) is 46.9 Å². The smallest absolute Gasteiger partial charge is 0.343 e. The van der Waals surface area contributed by atoms with E-state index < -0.39 is 5.97 Å². The third-order valence-corrected chi connectivity index (χ3v) is 3.82. The molecule has 0 spiro atoms. The highest BCUT2D eigenvalue weighted by Gasteiger charge is 2.13. The summed E-state index contributed by atoms with van der Waals surface area (Å²) in [6.45, 7) is -0.107. The molecule has 7 heteroatoms. The zero-order valence-corrected chi connectivity index (χ0v) is 15.4. The topological polar surface area (TPSA) is 55.8 Å². The molecule has 0 bridgehead atoms. The Morgan fingerprint density at radius 2 is 1.92 bits per heavy atom. The molecule has 0 aromatic heterocycles. The van der Waals surface area contributed by atoms with Gasteiger partial charge in [-0.25, -0.2) is 4.79 Å². The summed E-state index contributed by atoms with van der Waals surface area (Å²) in [5.74, 6) is -0.0752. The van der Waals surface area contributed by atoms with E-state index in [0.29, 0.717) is 16.3 Å². The van der Waals surface area contributed by atoms with Crippen LogP contribution < -0.4 is 9.47 Å². The van der Waals surface area contributed by atoms with E-state index in [0.717, 1.165) is 4.47 Å². The highest BCUT2D eigenvalue weighted by Crippen LogP contribution is 2.28. The van der Waals surface area contributed by atoms with Crippen molar-refractivity contribution in [2.45, 2.75) is 0 Å². The van der Waals surface area contributed by atoms with Gasteiger partial charge in [0.1, 0.15) is 11.5 Å². The van der Waals surface area contributed by atoms with Crippen LogP contribution in [0.4, 0.5) is 0 Å². The number of halogens is 2. The second-order valence-electron chi connectivity index (χ2n) is 5.07. The Labute approximate surface area is 153 Å². The molecule has 0 aliphatic heterocycles. The van der Waals surface area contributed by atoms with Gasteiger partial charge in [-0.05, 0) is 36.4 Å². The Morgan fingerprint density at radius 1 is 1.17 bits per heavy atom. The minimum atomic E-state index is -0.566. The number of hydrogen-bond acceptors (Lipinski definition) is 4. The first-order valence-electron chi connectivity index (χ1n) is 6.97. The average molecular weight is 413 g/mol. The Bertz CT molecular complexity index is 764. The van der Waals surface area contributed by atoms with Gasteiger partial charge in [-0.1, -0.05) is 33.6 Å². The molecule has 0 fully saturated rings. The van der Waals surface area contributed by atoms with Crippen LogP contribution in [0.25, 0.3) is 0 Å². The van der Waals surface area contributed by atoms with Crippen molar-refractivity contribution in [3.63, 3.8) is 0 Å². The van der Waals surface area contributed by atoms with E-state index in [-0.39, 0.29) is 18.3 Å². The molecule has 0 aliphatic carbocycles. The van der Waals surface area contributed by atoms with E-state index in [4.69, 9.17) is 21.1 Å². The van der Waals surface area contributed by atoms with E-state index in [1.54, 1.807) is 50.5 Å². The number of hydrogen-bond donors (Lipinski definition) is 0. The normalized spacial score (nSPS) is 10.2. The van der Waals surface area contributed by atoms with Gasteiger partial charge in [0.25, 0.3) is 5.91 Å². The number of benzene rings is 2. The van der Waals surface area contributed by atoms with Crippen molar-refractivity contribution in [3.8, 4) is 11.5 Å². The summed E-state index contributed by atoms with van der Waals surface area (Å²) in [4.78, 5) is 25.2. The molecule has 0 heterocycles. The largest absolute Gasteiger partial charge is 0.484 e. The lowest BCUT2D eigenvalue weighted by atomic mass is 10.2. The fraction of sp³-hybridized carbons (Fsp3) is 0.176. The lowest BCUT2D eigenvalue weighted by Crippen LogP contribution is -2.27. The first kappa shape index (κ1) is 18.3. The molecule has 0 unspecified atom stereocenters. The zero-order chi connectivity index (χ0) is 17.7. The van der Waals surface area contributed by atoms with E-state index in [1.807, 2.05) is 0 Å². The van der Waals surface area contributed by atoms with Crippen LogP contribution in [0.5, 0.6) is 11.5 Å². The third-order valence-electron chi connectivity index (χ3n) is 3.03. The second kappa shape index (κ2) is 8.17. The van der Waals surface area contributed by atoms with Gasteiger partial charge in [0.2, 0.25) is 0 Å². The lowest BCUT2D eigenvalue weighted by molar-refractivity contribution is -0.130. The van der Waals surface area contributed by atoms with Gasteiger partial charge in [0, 0.05) is 18.6 Å². The SMILES string of the molecule is CN(C)C(=O)COc1cccc(C(=O)Oc2ccc(Br)cc2Cl)c1. The number of amides is 1. The Balaban J connectivity index is 2.07. The molecule has 2 aromatic rings. The number of carbonyl (C=O) groups excluding carboxylic acids is 2. The van der Waals surface area contributed by atoms with Gasteiger partial charge in [-0.3, -0.25) is 4.79 Å². The molecule has 0 radical (unpaired) electrons. The summed E-state index contributed by atoms with van der Waals surface area (Å²) in [5, 5.41) is 0.321. The van der Waals surface area contributed by atoms with Gasteiger partial charge in [0.15, 0.2) is 6.61 Å². The van der Waals surface area contributed by atoms with Gasteiger partial charge >= 0.3 is 5.97 Å². The van der Waals surface area contributed by atoms with Crippen LogP contribution in [-0.2, 0) is 4.79 Å². The van der Waals surface area contributed by atoms with Crippen LogP contribution in [-0.4, -0.2) is 37.5 Å². The van der Waals surface area contributed by atoms with E-state index in [2.05, 4.69) is 15.9 Å². The monoisotopic (exact) mass is 411 g/mol. The van der Waals surface area contributed by atoms with Crippen LogP contribution in [0, 0.1) is 0 Å². The standard InChI is InChI=1S/C17H15BrClNO4/c1-20(2)16(21)10-23-13-5-3-4-11(8-13)17(22)24-15-7-6-12(18)9-14(15)19/h3-9H,10H2,1-2H3. The van der Waals surface area contributed by atoms with Crippen molar-refractivity contribution in [3.05, 3.63) is 57.5 Å². The van der Waals surface area contributed by atoms with Gasteiger partial charge in [0.05, 0.1) is 10.6 Å². The minimum Gasteiger partial charge on any atom is -0.484 e. The quantitative estimate of drug-likeness (QED) is 0.554. The first-order valence-corrected chi connectivity index (χ1v) is 8.14. The summed E-state index contributed by atoms with van der Waals surface area (Å²) in [7, 11) is 3.28. The van der Waals surface area contributed by atoms with Crippen molar-refractivity contribution in [2.24, 2.45) is 0 Å². The number of ether oxygens (including phenoxy) is 2. The molecular weight excluding hydrogens is 398 g/mol. The van der Waals surface area contributed by atoms with Crippen molar-refractivity contribution < 1.29 is 19.1 Å². The molecule has 0 saturated heterocycles. The summed E-state index contributed by atoms with van der Waals surface area (Å²) >= 11 is 9.32. The highest BCUT2D eigenvalue weighted by molar-refractivity contribution is 9.10. The predicted molar refractivity (Wildman–Crippen MR) is 94.7 cm³/mol. The van der Waals surface area contributed by atoms with Gasteiger partial charge in [-0.2, -0.15) is 0 Å². The average Bonchev–Trinajstić information content (AvgIpc) is 2.55. The minimum absolute atomic E-state index is 0.107. The highest BCUT2D eigenvalue weighted by atomic mass is 79.9. The molecule has 0 atom stereocenters. The Morgan fingerprint density at radius 3 is 2.58 bits per heavy atom. The number of carbonyl (C=O) groups is 2. The van der Waals surface area contributed by atoms with Crippen LogP contribution >= 0.6 is 27.5 Å². The molecule has 2 aromatic carbocycles. The van der Waals surface area contributed by atoms with Crippen LogP contribution in [0.3, 0.4) is 0 Å². The number of rotatable bonds is 5. The Hall–Kier alpha value is -2.05. The van der Waals surface area contributed by atoms with Gasteiger partial charge in [-0.15, -0.1) is 0 Å². The molecule has 2 rings (SSSR count). The molecular formula is C17H15BrClNO4.